The maximum absolute atomic E-state index is 12.0. The smallest absolute Gasteiger partial charge is 0.336 e. The molecule has 5 nitrogen and oxygen atoms in total. The molecule has 3 aromatic rings. The van der Waals surface area contributed by atoms with E-state index in [4.69, 9.17) is 9.15 Å². The lowest BCUT2D eigenvalue weighted by molar-refractivity contribution is -0.111. The maximum atomic E-state index is 12.0. The highest BCUT2D eigenvalue weighted by molar-refractivity contribution is 6.02. The van der Waals surface area contributed by atoms with Gasteiger partial charge in [0, 0.05) is 23.2 Å². The van der Waals surface area contributed by atoms with E-state index in [9.17, 15) is 9.59 Å². The minimum atomic E-state index is -0.400. The van der Waals surface area contributed by atoms with E-state index in [1.54, 1.807) is 30.3 Å². The standard InChI is InChI=1S/C20H17NO4/c1-2-24-17-8-3-14(4-9-17)5-11-19(22)21-16-7-10-18-15(13-16)6-12-20(23)25-18/h3-13H,2H2,1H3,(H,21,22)/b11-5+. The van der Waals surface area contributed by atoms with Crippen molar-refractivity contribution in [2.24, 2.45) is 0 Å². The molecule has 1 N–H and O–H groups in total. The molecule has 0 atom stereocenters. The van der Waals surface area contributed by atoms with Gasteiger partial charge in [0.05, 0.1) is 6.61 Å². The number of rotatable bonds is 5. The molecule has 0 bridgehead atoms. The second kappa shape index (κ2) is 7.49. The zero-order chi connectivity index (χ0) is 17.6. The molecule has 1 aromatic heterocycles. The second-order valence-corrected chi connectivity index (χ2v) is 5.33. The topological polar surface area (TPSA) is 68.5 Å². The van der Waals surface area contributed by atoms with Gasteiger partial charge in [-0.2, -0.15) is 0 Å². The predicted octanol–water partition coefficient (Wildman–Crippen LogP) is 3.84. The van der Waals surface area contributed by atoms with Crippen LogP contribution in [-0.2, 0) is 4.79 Å². The van der Waals surface area contributed by atoms with Crippen LogP contribution in [0.5, 0.6) is 5.75 Å². The van der Waals surface area contributed by atoms with Crippen LogP contribution in [0, 0.1) is 0 Å². The minimum Gasteiger partial charge on any atom is -0.494 e. The Morgan fingerprint density at radius 3 is 2.68 bits per heavy atom. The summed E-state index contributed by atoms with van der Waals surface area (Å²) in [6.45, 7) is 2.55. The fourth-order valence-electron chi connectivity index (χ4n) is 2.35. The predicted molar refractivity (Wildman–Crippen MR) is 97.8 cm³/mol. The summed E-state index contributed by atoms with van der Waals surface area (Å²) < 4.78 is 10.4. The Bertz CT molecular complexity index is 971. The third-order valence-electron chi connectivity index (χ3n) is 3.51. The Labute approximate surface area is 144 Å². The van der Waals surface area contributed by atoms with E-state index in [2.05, 4.69) is 5.32 Å². The maximum Gasteiger partial charge on any atom is 0.336 e. The van der Waals surface area contributed by atoms with Crippen LogP contribution in [0.3, 0.4) is 0 Å². The summed E-state index contributed by atoms with van der Waals surface area (Å²) in [7, 11) is 0. The molecule has 5 heteroatoms. The number of hydrogen-bond donors (Lipinski definition) is 1. The van der Waals surface area contributed by atoms with Gasteiger partial charge in [0.2, 0.25) is 5.91 Å². The first-order valence-corrected chi connectivity index (χ1v) is 7.90. The van der Waals surface area contributed by atoms with Gasteiger partial charge in [-0.15, -0.1) is 0 Å². The van der Waals surface area contributed by atoms with Crippen LogP contribution in [0.15, 0.2) is 69.9 Å². The molecule has 0 aliphatic carbocycles. The van der Waals surface area contributed by atoms with Crippen LogP contribution in [0.25, 0.3) is 17.0 Å². The highest BCUT2D eigenvalue weighted by Gasteiger charge is 2.02. The molecule has 25 heavy (non-hydrogen) atoms. The number of carbonyl (C=O) groups excluding carboxylic acids is 1. The van der Waals surface area contributed by atoms with Gasteiger partial charge in [0.25, 0.3) is 0 Å². The molecule has 0 unspecified atom stereocenters. The van der Waals surface area contributed by atoms with Crippen molar-refractivity contribution in [1.82, 2.24) is 0 Å². The van der Waals surface area contributed by atoms with Gasteiger partial charge in [-0.3, -0.25) is 4.79 Å². The van der Waals surface area contributed by atoms with Crippen LogP contribution < -0.4 is 15.7 Å². The van der Waals surface area contributed by atoms with Crippen LogP contribution in [-0.4, -0.2) is 12.5 Å². The van der Waals surface area contributed by atoms with Gasteiger partial charge in [-0.25, -0.2) is 4.79 Å². The van der Waals surface area contributed by atoms with Crippen LogP contribution in [0.1, 0.15) is 12.5 Å². The van der Waals surface area contributed by atoms with Crippen molar-refractivity contribution in [1.29, 1.82) is 0 Å². The van der Waals surface area contributed by atoms with Crippen LogP contribution in [0.4, 0.5) is 5.69 Å². The van der Waals surface area contributed by atoms with Gasteiger partial charge in [-0.05, 0) is 55.0 Å². The van der Waals surface area contributed by atoms with Gasteiger partial charge in [-0.1, -0.05) is 12.1 Å². The highest BCUT2D eigenvalue weighted by Crippen LogP contribution is 2.18. The van der Waals surface area contributed by atoms with Crippen LogP contribution in [0.2, 0.25) is 0 Å². The molecule has 1 heterocycles. The summed E-state index contributed by atoms with van der Waals surface area (Å²) in [4.78, 5) is 23.2. The van der Waals surface area contributed by atoms with Gasteiger partial charge >= 0.3 is 5.63 Å². The molecule has 0 aliphatic rings. The molecule has 3 rings (SSSR count). The number of fused-ring (bicyclic) bond motifs is 1. The first-order chi connectivity index (χ1) is 12.1. The quantitative estimate of drug-likeness (QED) is 0.568. The summed E-state index contributed by atoms with van der Waals surface area (Å²) in [6.07, 6.45) is 3.19. The lowest BCUT2D eigenvalue weighted by Gasteiger charge is -2.04. The van der Waals surface area contributed by atoms with E-state index >= 15 is 0 Å². The van der Waals surface area contributed by atoms with E-state index in [-0.39, 0.29) is 5.91 Å². The zero-order valence-corrected chi connectivity index (χ0v) is 13.7. The van der Waals surface area contributed by atoms with Crippen LogP contribution >= 0.6 is 0 Å². The second-order valence-electron chi connectivity index (χ2n) is 5.33. The van der Waals surface area contributed by atoms with Crippen molar-refractivity contribution in [2.75, 3.05) is 11.9 Å². The van der Waals surface area contributed by atoms with E-state index in [0.29, 0.717) is 17.9 Å². The number of carbonyl (C=O) groups is 1. The van der Waals surface area contributed by atoms with Gasteiger partial charge in [0.1, 0.15) is 11.3 Å². The Balaban J connectivity index is 1.67. The van der Waals surface area contributed by atoms with Crippen molar-refractivity contribution < 1.29 is 13.9 Å². The first kappa shape index (κ1) is 16.5. The molecule has 1 amide bonds. The Morgan fingerprint density at radius 2 is 1.92 bits per heavy atom. The average molecular weight is 335 g/mol. The van der Waals surface area contributed by atoms with Gasteiger partial charge < -0.3 is 14.5 Å². The van der Waals surface area contributed by atoms with E-state index in [1.807, 2.05) is 31.2 Å². The third kappa shape index (κ3) is 4.35. The number of hydrogen-bond acceptors (Lipinski definition) is 4. The van der Waals surface area contributed by atoms with E-state index < -0.39 is 5.63 Å². The average Bonchev–Trinajstić information content (AvgIpc) is 2.61. The Kier molecular flexibility index (Phi) is 4.95. The number of nitrogens with one attached hydrogen (secondary N) is 1. The molecular weight excluding hydrogens is 318 g/mol. The van der Waals surface area contributed by atoms with E-state index in [1.165, 1.54) is 12.1 Å². The fourth-order valence-corrected chi connectivity index (χ4v) is 2.35. The van der Waals surface area contributed by atoms with Crippen molar-refractivity contribution in [3.63, 3.8) is 0 Å². The lowest BCUT2D eigenvalue weighted by atomic mass is 10.2. The van der Waals surface area contributed by atoms with E-state index in [0.717, 1.165) is 16.7 Å². The number of amides is 1. The highest BCUT2D eigenvalue weighted by atomic mass is 16.5. The normalized spacial score (nSPS) is 10.9. The molecule has 2 aromatic carbocycles. The lowest BCUT2D eigenvalue weighted by Crippen LogP contribution is -2.07. The molecule has 126 valence electrons. The monoisotopic (exact) mass is 335 g/mol. The largest absolute Gasteiger partial charge is 0.494 e. The van der Waals surface area contributed by atoms with Gasteiger partial charge in [0.15, 0.2) is 0 Å². The molecular formula is C20H17NO4. The fraction of sp³-hybridized carbons (Fsp3) is 0.100. The number of ether oxygens (including phenoxy) is 1. The number of anilines is 1. The summed E-state index contributed by atoms with van der Waals surface area (Å²) in [5.41, 5.74) is 1.61. The molecule has 0 fully saturated rings. The summed E-state index contributed by atoms with van der Waals surface area (Å²) in [6, 6.07) is 15.6. The van der Waals surface area contributed by atoms with Crippen molar-refractivity contribution in [3.05, 3.63) is 76.7 Å². The zero-order valence-electron chi connectivity index (χ0n) is 13.7. The Hall–Kier alpha value is -3.34. The molecule has 0 saturated heterocycles. The molecule has 0 saturated carbocycles. The SMILES string of the molecule is CCOc1ccc(/C=C/C(=O)Nc2ccc3oc(=O)ccc3c2)cc1. The molecule has 0 spiro atoms. The number of benzene rings is 2. The third-order valence-corrected chi connectivity index (χ3v) is 3.51. The van der Waals surface area contributed by atoms with Crippen molar-refractivity contribution in [3.8, 4) is 5.75 Å². The summed E-state index contributed by atoms with van der Waals surface area (Å²) in [5.74, 6) is 0.553. The molecule has 0 aliphatic heterocycles. The summed E-state index contributed by atoms with van der Waals surface area (Å²) in [5, 5.41) is 3.52. The van der Waals surface area contributed by atoms with Crippen molar-refractivity contribution >= 4 is 28.6 Å². The Morgan fingerprint density at radius 1 is 1.12 bits per heavy atom. The first-order valence-electron chi connectivity index (χ1n) is 7.90. The molecule has 0 radical (unpaired) electrons. The minimum absolute atomic E-state index is 0.245. The van der Waals surface area contributed by atoms with Crippen molar-refractivity contribution in [2.45, 2.75) is 6.92 Å². The summed E-state index contributed by atoms with van der Waals surface area (Å²) >= 11 is 0.